The van der Waals surface area contributed by atoms with E-state index in [1.54, 1.807) is 12.3 Å². The molecule has 130 valence electrons. The van der Waals surface area contributed by atoms with Gasteiger partial charge in [-0.05, 0) is 55.6 Å². The van der Waals surface area contributed by atoms with Crippen LogP contribution in [0, 0.1) is 0 Å². The Kier molecular flexibility index (Phi) is 5.80. The van der Waals surface area contributed by atoms with Crippen molar-refractivity contribution in [2.75, 3.05) is 19.6 Å². The fourth-order valence-corrected chi connectivity index (χ4v) is 3.24. The number of piperidine rings is 1. The van der Waals surface area contributed by atoms with Crippen molar-refractivity contribution in [3.63, 3.8) is 0 Å². The highest BCUT2D eigenvalue weighted by atomic mass is 16.3. The number of benzene rings is 2. The minimum absolute atomic E-state index is 0.403. The predicted molar refractivity (Wildman–Crippen MR) is 103 cm³/mol. The number of rotatable bonds is 5. The SMILES string of the molecule is NN=C(C=Nc1ccccc1)CN1CCC(c2ccccc2O)CC1. The molecular weight excluding hydrogens is 312 g/mol. The van der Waals surface area contributed by atoms with E-state index in [9.17, 15) is 5.11 Å². The number of likely N-dealkylation sites (tertiary alicyclic amines) is 1. The first-order valence-corrected chi connectivity index (χ1v) is 8.62. The summed E-state index contributed by atoms with van der Waals surface area (Å²) in [4.78, 5) is 6.75. The van der Waals surface area contributed by atoms with E-state index < -0.39 is 0 Å². The molecule has 1 aliphatic heterocycles. The Morgan fingerprint density at radius 2 is 1.76 bits per heavy atom. The summed E-state index contributed by atoms with van der Waals surface area (Å²) < 4.78 is 0. The minimum Gasteiger partial charge on any atom is -0.508 e. The lowest BCUT2D eigenvalue weighted by Crippen LogP contribution is -2.37. The fraction of sp³-hybridized carbons (Fsp3) is 0.300. The van der Waals surface area contributed by atoms with Crippen molar-refractivity contribution in [3.8, 4) is 5.75 Å². The number of hydrogen-bond donors (Lipinski definition) is 2. The van der Waals surface area contributed by atoms with Crippen LogP contribution < -0.4 is 5.84 Å². The first-order chi connectivity index (χ1) is 12.3. The maximum absolute atomic E-state index is 10.0. The molecule has 0 saturated carbocycles. The molecule has 1 aliphatic rings. The topological polar surface area (TPSA) is 74.2 Å². The molecular formula is C20H24N4O. The van der Waals surface area contributed by atoms with Crippen molar-refractivity contribution in [2.45, 2.75) is 18.8 Å². The summed E-state index contributed by atoms with van der Waals surface area (Å²) in [6.45, 7) is 2.61. The van der Waals surface area contributed by atoms with E-state index in [-0.39, 0.29) is 0 Å². The number of hydrazone groups is 1. The first kappa shape index (κ1) is 17.2. The quantitative estimate of drug-likeness (QED) is 0.500. The van der Waals surface area contributed by atoms with Crippen molar-refractivity contribution in [1.29, 1.82) is 0 Å². The van der Waals surface area contributed by atoms with E-state index in [1.807, 2.05) is 48.5 Å². The molecule has 0 radical (unpaired) electrons. The number of nitrogens with two attached hydrogens (primary N) is 1. The van der Waals surface area contributed by atoms with Crippen molar-refractivity contribution in [3.05, 3.63) is 60.2 Å². The van der Waals surface area contributed by atoms with Gasteiger partial charge in [0.1, 0.15) is 5.75 Å². The van der Waals surface area contributed by atoms with E-state index >= 15 is 0 Å². The molecule has 3 N–H and O–H groups in total. The molecule has 1 saturated heterocycles. The van der Waals surface area contributed by atoms with Crippen molar-refractivity contribution in [1.82, 2.24) is 4.90 Å². The number of para-hydroxylation sites is 2. The van der Waals surface area contributed by atoms with Gasteiger partial charge in [-0.2, -0.15) is 5.10 Å². The monoisotopic (exact) mass is 336 g/mol. The van der Waals surface area contributed by atoms with Crippen molar-refractivity contribution < 1.29 is 5.11 Å². The van der Waals surface area contributed by atoms with E-state index in [0.717, 1.165) is 42.9 Å². The number of phenols is 1. The maximum atomic E-state index is 10.0. The van der Waals surface area contributed by atoms with Gasteiger partial charge in [-0.15, -0.1) is 0 Å². The Balaban J connectivity index is 1.54. The Bertz CT molecular complexity index is 734. The van der Waals surface area contributed by atoms with Crippen LogP contribution >= 0.6 is 0 Å². The highest BCUT2D eigenvalue weighted by molar-refractivity contribution is 6.31. The molecule has 0 aliphatic carbocycles. The molecule has 0 amide bonds. The fourth-order valence-electron chi connectivity index (χ4n) is 3.24. The van der Waals surface area contributed by atoms with E-state index in [0.29, 0.717) is 18.2 Å². The molecule has 0 bridgehead atoms. The van der Waals surface area contributed by atoms with Crippen LogP contribution in [0.5, 0.6) is 5.75 Å². The molecule has 0 atom stereocenters. The summed E-state index contributed by atoms with van der Waals surface area (Å²) in [5.41, 5.74) is 2.72. The Hall–Kier alpha value is -2.66. The average Bonchev–Trinajstić information content (AvgIpc) is 2.67. The van der Waals surface area contributed by atoms with Gasteiger partial charge in [0.15, 0.2) is 0 Å². The summed E-state index contributed by atoms with van der Waals surface area (Å²) >= 11 is 0. The Labute approximate surface area is 148 Å². The zero-order valence-corrected chi connectivity index (χ0v) is 14.3. The molecule has 25 heavy (non-hydrogen) atoms. The number of aliphatic imine (C=N–C) groups is 1. The minimum atomic E-state index is 0.403. The summed E-state index contributed by atoms with van der Waals surface area (Å²) in [5, 5.41) is 13.9. The zero-order valence-electron chi connectivity index (χ0n) is 14.3. The first-order valence-electron chi connectivity index (χ1n) is 8.62. The lowest BCUT2D eigenvalue weighted by molar-refractivity contribution is 0.237. The Morgan fingerprint density at radius 1 is 1.08 bits per heavy atom. The van der Waals surface area contributed by atoms with Gasteiger partial charge >= 0.3 is 0 Å². The predicted octanol–water partition coefficient (Wildman–Crippen LogP) is 3.29. The lowest BCUT2D eigenvalue weighted by Gasteiger charge is -2.32. The zero-order chi connectivity index (χ0) is 17.5. The van der Waals surface area contributed by atoms with Crippen LogP contribution in [0.25, 0.3) is 0 Å². The third-order valence-electron chi connectivity index (χ3n) is 4.63. The summed E-state index contributed by atoms with van der Waals surface area (Å²) in [6.07, 6.45) is 3.78. The van der Waals surface area contributed by atoms with Crippen LogP contribution in [0.1, 0.15) is 24.3 Å². The summed E-state index contributed by atoms with van der Waals surface area (Å²) in [6, 6.07) is 17.4. The smallest absolute Gasteiger partial charge is 0.119 e. The summed E-state index contributed by atoms with van der Waals surface area (Å²) in [7, 11) is 0. The van der Waals surface area contributed by atoms with Crippen molar-refractivity contribution >= 4 is 17.6 Å². The highest BCUT2D eigenvalue weighted by Gasteiger charge is 2.22. The number of hydrogen-bond acceptors (Lipinski definition) is 5. The number of aromatic hydroxyl groups is 1. The van der Waals surface area contributed by atoms with Gasteiger partial charge in [-0.25, -0.2) is 0 Å². The van der Waals surface area contributed by atoms with Gasteiger partial charge in [0.2, 0.25) is 0 Å². The van der Waals surface area contributed by atoms with Gasteiger partial charge < -0.3 is 10.9 Å². The van der Waals surface area contributed by atoms with E-state index in [2.05, 4.69) is 15.0 Å². The third-order valence-corrected chi connectivity index (χ3v) is 4.63. The largest absolute Gasteiger partial charge is 0.508 e. The van der Waals surface area contributed by atoms with Crippen LogP contribution in [0.4, 0.5) is 5.69 Å². The number of nitrogens with zero attached hydrogens (tertiary/aromatic N) is 3. The number of phenolic OH excluding ortho intramolecular Hbond substituents is 1. The molecule has 0 aromatic heterocycles. The van der Waals surface area contributed by atoms with Crippen LogP contribution in [0.15, 0.2) is 64.7 Å². The van der Waals surface area contributed by atoms with Gasteiger partial charge in [0, 0.05) is 6.54 Å². The van der Waals surface area contributed by atoms with E-state index in [1.165, 1.54) is 0 Å². The molecule has 1 fully saturated rings. The molecule has 5 nitrogen and oxygen atoms in total. The molecule has 2 aromatic carbocycles. The van der Waals surface area contributed by atoms with Gasteiger partial charge in [-0.1, -0.05) is 36.4 Å². The van der Waals surface area contributed by atoms with E-state index in [4.69, 9.17) is 5.84 Å². The van der Waals surface area contributed by atoms with Gasteiger partial charge in [0.05, 0.1) is 17.6 Å². The molecule has 0 unspecified atom stereocenters. The molecule has 0 spiro atoms. The van der Waals surface area contributed by atoms with Gasteiger partial charge in [0.25, 0.3) is 0 Å². The molecule has 2 aromatic rings. The third kappa shape index (κ3) is 4.67. The van der Waals surface area contributed by atoms with Gasteiger partial charge in [-0.3, -0.25) is 9.89 Å². The highest BCUT2D eigenvalue weighted by Crippen LogP contribution is 2.33. The normalized spacial score (nSPS) is 17.2. The maximum Gasteiger partial charge on any atom is 0.119 e. The second-order valence-electron chi connectivity index (χ2n) is 6.32. The second-order valence-corrected chi connectivity index (χ2v) is 6.32. The van der Waals surface area contributed by atoms with Crippen LogP contribution in [0.2, 0.25) is 0 Å². The van der Waals surface area contributed by atoms with Crippen molar-refractivity contribution in [2.24, 2.45) is 15.9 Å². The molecule has 1 heterocycles. The molecule has 5 heteroatoms. The van der Waals surface area contributed by atoms with Crippen LogP contribution in [0.3, 0.4) is 0 Å². The lowest BCUT2D eigenvalue weighted by atomic mass is 9.89. The second kappa shape index (κ2) is 8.44. The van der Waals surface area contributed by atoms with Crippen LogP contribution in [-0.4, -0.2) is 41.6 Å². The standard InChI is InChI=1S/C20H24N4O/c21-23-18(14-22-17-6-2-1-3-7-17)15-24-12-10-16(11-13-24)19-8-4-5-9-20(19)25/h1-9,14,16,25H,10-13,15,21H2. The summed E-state index contributed by atoms with van der Waals surface area (Å²) in [5.74, 6) is 6.34. The molecule has 3 rings (SSSR count). The average molecular weight is 336 g/mol. The Morgan fingerprint density at radius 3 is 2.44 bits per heavy atom. The van der Waals surface area contributed by atoms with Crippen LogP contribution in [-0.2, 0) is 0 Å².